The van der Waals surface area contributed by atoms with Crippen LogP contribution in [0.2, 0.25) is 0 Å². The predicted octanol–water partition coefficient (Wildman–Crippen LogP) is 4.18. The summed E-state index contributed by atoms with van der Waals surface area (Å²) in [5, 5.41) is 33.6. The van der Waals surface area contributed by atoms with E-state index in [0.29, 0.717) is 30.6 Å². The molecule has 1 heterocycles. The zero-order chi connectivity index (χ0) is 42.3. The molecule has 3 amide bonds. The van der Waals surface area contributed by atoms with E-state index in [-0.39, 0.29) is 63.0 Å². The van der Waals surface area contributed by atoms with Gasteiger partial charge in [0, 0.05) is 61.9 Å². The van der Waals surface area contributed by atoms with Gasteiger partial charge in [-0.1, -0.05) is 51.1 Å². The minimum Gasteiger partial charge on any atom is -0.481 e. The summed E-state index contributed by atoms with van der Waals surface area (Å²) < 4.78 is 31.2. The van der Waals surface area contributed by atoms with Crippen molar-refractivity contribution < 1.29 is 52.9 Å². The molecule has 16 heteroatoms. The van der Waals surface area contributed by atoms with Gasteiger partial charge in [-0.2, -0.15) is 0 Å². The monoisotopic (exact) mass is 797 g/mol. The lowest BCUT2D eigenvalue weighted by Crippen LogP contribution is -2.50. The third-order valence-corrected chi connectivity index (χ3v) is 9.36. The van der Waals surface area contributed by atoms with E-state index in [1.807, 2.05) is 55.7 Å². The zero-order valence-corrected chi connectivity index (χ0v) is 32.5. The normalized spacial score (nSPS) is 13.0. The number of rotatable bonds is 23. The van der Waals surface area contributed by atoms with Gasteiger partial charge in [0.1, 0.15) is 30.1 Å². The summed E-state index contributed by atoms with van der Waals surface area (Å²) in [6.45, 7) is 5.13. The average molecular weight is 798 g/mol. The van der Waals surface area contributed by atoms with Crippen LogP contribution in [0.3, 0.4) is 0 Å². The largest absolute Gasteiger partial charge is 0.481 e. The number of benzene rings is 2. The molecule has 0 aliphatic rings. The fourth-order valence-electron chi connectivity index (χ4n) is 6.46. The molecular weight excluding hydrogens is 744 g/mol. The van der Waals surface area contributed by atoms with Crippen molar-refractivity contribution in [3.8, 4) is 11.1 Å². The van der Waals surface area contributed by atoms with Crippen molar-refractivity contribution in [2.75, 3.05) is 19.7 Å². The number of carbonyl (C=O) groups is 6. The molecule has 2 aromatic carbocycles. The molecule has 310 valence electrons. The standard InChI is InChI=1S/C41H53F2N5O9/c1-41(2,3)38(34-21-27(30-22-28(42)12-15-31(30)43)24-47(34)23-26-9-5-4-6-10-26)48(36(52)25-49)20-18-32(44)39(55)46-33(40(56)57)11-7-8-19-45-35(51)16-13-29(50)14-17-37(53)54/h4-6,9-10,12,15,21-22,24,32-33,38,49H,7-8,11,13-14,16-20,23,25,44H2,1-3H3,(H,45,51)(H,46,55)(H,53,54)(H,56,57)/t32-,33+,38-/m0/s1. The first-order valence-electron chi connectivity index (χ1n) is 18.8. The fourth-order valence-corrected chi connectivity index (χ4v) is 6.46. The summed E-state index contributed by atoms with van der Waals surface area (Å²) in [5.74, 6) is -5.86. The number of carboxylic acids is 2. The Bertz CT molecular complexity index is 1860. The number of nitrogens with zero attached hydrogens (tertiary/aromatic N) is 2. The van der Waals surface area contributed by atoms with E-state index in [1.165, 1.54) is 4.90 Å². The summed E-state index contributed by atoms with van der Waals surface area (Å²) >= 11 is 0. The van der Waals surface area contributed by atoms with Gasteiger partial charge in [0.25, 0.3) is 0 Å². The number of aliphatic hydroxyl groups is 1. The van der Waals surface area contributed by atoms with Gasteiger partial charge in [0.05, 0.1) is 18.5 Å². The number of hydrogen-bond donors (Lipinski definition) is 6. The topological polar surface area (TPSA) is 221 Å². The molecule has 0 fully saturated rings. The highest BCUT2D eigenvalue weighted by atomic mass is 19.1. The van der Waals surface area contributed by atoms with E-state index >= 15 is 4.39 Å². The molecule has 0 aliphatic heterocycles. The van der Waals surface area contributed by atoms with Crippen LogP contribution >= 0.6 is 0 Å². The third kappa shape index (κ3) is 14.5. The third-order valence-electron chi connectivity index (χ3n) is 9.36. The molecule has 0 saturated carbocycles. The second kappa shape index (κ2) is 21.7. The molecule has 7 N–H and O–H groups in total. The number of carbonyl (C=O) groups excluding carboxylic acids is 4. The van der Waals surface area contributed by atoms with Gasteiger partial charge in [-0.3, -0.25) is 24.0 Å². The molecule has 57 heavy (non-hydrogen) atoms. The van der Waals surface area contributed by atoms with E-state index in [4.69, 9.17) is 10.8 Å². The summed E-state index contributed by atoms with van der Waals surface area (Å²) in [6, 6.07) is 10.9. The smallest absolute Gasteiger partial charge is 0.326 e. The van der Waals surface area contributed by atoms with Gasteiger partial charge in [0.2, 0.25) is 17.7 Å². The Kier molecular flexibility index (Phi) is 17.5. The van der Waals surface area contributed by atoms with E-state index in [2.05, 4.69) is 10.6 Å². The number of nitrogens with two attached hydrogens (primary N) is 1. The highest BCUT2D eigenvalue weighted by Crippen LogP contribution is 2.41. The average Bonchev–Trinajstić information content (AvgIpc) is 3.56. The predicted molar refractivity (Wildman–Crippen MR) is 206 cm³/mol. The van der Waals surface area contributed by atoms with Gasteiger partial charge < -0.3 is 41.2 Å². The van der Waals surface area contributed by atoms with E-state index in [9.17, 15) is 43.4 Å². The van der Waals surface area contributed by atoms with Crippen molar-refractivity contribution in [1.29, 1.82) is 0 Å². The lowest BCUT2D eigenvalue weighted by Gasteiger charge is -2.41. The summed E-state index contributed by atoms with van der Waals surface area (Å²) in [5.41, 5.74) is 7.37. The van der Waals surface area contributed by atoms with Crippen molar-refractivity contribution in [3.63, 3.8) is 0 Å². The number of unbranched alkanes of at least 4 members (excludes halogenated alkanes) is 1. The molecule has 0 radical (unpaired) electrons. The van der Waals surface area contributed by atoms with Crippen molar-refractivity contribution in [1.82, 2.24) is 20.1 Å². The molecule has 1 aromatic heterocycles. The van der Waals surface area contributed by atoms with Gasteiger partial charge in [-0.05, 0) is 60.9 Å². The van der Waals surface area contributed by atoms with Gasteiger partial charge >= 0.3 is 11.9 Å². The van der Waals surface area contributed by atoms with Crippen molar-refractivity contribution in [3.05, 3.63) is 83.7 Å². The summed E-state index contributed by atoms with van der Waals surface area (Å²) in [7, 11) is 0. The first-order chi connectivity index (χ1) is 26.9. The molecule has 3 atom stereocenters. The fraction of sp³-hybridized carbons (Fsp3) is 0.463. The number of nitrogens with one attached hydrogen (secondary N) is 2. The van der Waals surface area contributed by atoms with E-state index in [0.717, 1.165) is 23.8 Å². The van der Waals surface area contributed by atoms with Crippen LogP contribution in [0.25, 0.3) is 11.1 Å². The van der Waals surface area contributed by atoms with Gasteiger partial charge in [-0.15, -0.1) is 0 Å². The molecule has 3 rings (SSSR count). The molecular formula is C41H53F2N5O9. The minimum absolute atomic E-state index is 0.0191. The maximum absolute atomic E-state index is 15.0. The van der Waals surface area contributed by atoms with E-state index in [1.54, 1.807) is 12.3 Å². The molecule has 3 aromatic rings. The van der Waals surface area contributed by atoms with Crippen LogP contribution in [0.4, 0.5) is 8.78 Å². The van der Waals surface area contributed by atoms with Crippen LogP contribution in [0.15, 0.2) is 60.8 Å². The van der Waals surface area contributed by atoms with Crippen molar-refractivity contribution in [2.24, 2.45) is 11.1 Å². The summed E-state index contributed by atoms with van der Waals surface area (Å²) in [6.07, 6.45) is 1.61. The van der Waals surface area contributed by atoms with Crippen LogP contribution in [0.1, 0.15) is 89.4 Å². The first kappa shape index (κ1) is 45.9. The second-order valence-corrected chi connectivity index (χ2v) is 15.0. The first-order valence-corrected chi connectivity index (χ1v) is 18.8. The molecule has 0 bridgehead atoms. The maximum atomic E-state index is 15.0. The molecule has 0 unspecified atom stereocenters. The Morgan fingerprint density at radius 1 is 0.895 bits per heavy atom. The number of Topliss-reactive ketones (excluding diaryl/α,β-unsaturated/α-hetero) is 1. The zero-order valence-electron chi connectivity index (χ0n) is 32.5. The number of ketones is 1. The number of amides is 3. The van der Waals surface area contributed by atoms with Crippen LogP contribution < -0.4 is 16.4 Å². The molecule has 14 nitrogen and oxygen atoms in total. The van der Waals surface area contributed by atoms with Gasteiger partial charge in [0.15, 0.2) is 0 Å². The number of halogens is 2. The Morgan fingerprint density at radius 2 is 1.58 bits per heavy atom. The highest BCUT2D eigenvalue weighted by molar-refractivity contribution is 5.87. The number of carboxylic acid groups (broad SMARTS) is 2. The number of aliphatic hydroxyl groups excluding tert-OH is 1. The number of aromatic nitrogens is 1. The van der Waals surface area contributed by atoms with Crippen LogP contribution in [0.5, 0.6) is 0 Å². The van der Waals surface area contributed by atoms with E-state index < -0.39 is 71.4 Å². The highest BCUT2D eigenvalue weighted by Gasteiger charge is 2.37. The summed E-state index contributed by atoms with van der Waals surface area (Å²) in [4.78, 5) is 74.3. The maximum Gasteiger partial charge on any atom is 0.326 e. The quantitative estimate of drug-likeness (QED) is 0.0752. The van der Waals surface area contributed by atoms with Crippen molar-refractivity contribution >= 4 is 35.4 Å². The van der Waals surface area contributed by atoms with Crippen molar-refractivity contribution in [2.45, 2.75) is 96.8 Å². The molecule has 0 spiro atoms. The lowest BCUT2D eigenvalue weighted by atomic mass is 9.82. The van der Waals surface area contributed by atoms with Crippen LogP contribution in [0, 0.1) is 17.0 Å². The molecule has 0 aliphatic carbocycles. The lowest BCUT2D eigenvalue weighted by molar-refractivity contribution is -0.142. The second-order valence-electron chi connectivity index (χ2n) is 15.0. The van der Waals surface area contributed by atoms with Crippen LogP contribution in [-0.4, -0.2) is 92.0 Å². The number of hydrogen-bond acceptors (Lipinski definition) is 8. The Labute approximate surface area is 330 Å². The Balaban J connectivity index is 1.72. The SMILES string of the molecule is CC(C)(C)[C@H](c1cc(-c2cc(F)ccc2F)cn1Cc1ccccc1)N(CC[C@H](N)C(=O)N[C@H](CCCCNC(=O)CCC(=O)CCC(=O)O)C(=O)O)C(=O)CO. The Hall–Kier alpha value is -5.48. The Morgan fingerprint density at radius 3 is 2.21 bits per heavy atom. The van der Waals surface area contributed by atoms with Gasteiger partial charge in [-0.25, -0.2) is 13.6 Å². The molecule has 0 saturated heterocycles. The number of aliphatic carboxylic acids is 2. The van der Waals surface area contributed by atoms with Crippen LogP contribution in [-0.2, 0) is 35.3 Å². The minimum atomic E-state index is -1.30.